The summed E-state index contributed by atoms with van der Waals surface area (Å²) in [5, 5.41) is 19.1. The van der Waals surface area contributed by atoms with Crippen LogP contribution in [-0.4, -0.2) is 22.9 Å². The number of hydrogen-bond donors (Lipinski definition) is 3. The van der Waals surface area contributed by atoms with Gasteiger partial charge in [0.1, 0.15) is 11.9 Å². The Labute approximate surface area is 103 Å². The van der Waals surface area contributed by atoms with Gasteiger partial charge in [-0.2, -0.15) is 0 Å². The summed E-state index contributed by atoms with van der Waals surface area (Å²) in [6.07, 6.45) is -2.23. The highest BCUT2D eigenvalue weighted by molar-refractivity contribution is 9.11. The largest absolute Gasteiger partial charge is 0.389 e. The van der Waals surface area contributed by atoms with E-state index >= 15 is 0 Å². The molecule has 0 fully saturated rings. The van der Waals surface area contributed by atoms with Crippen molar-refractivity contribution in [3.05, 3.63) is 32.5 Å². The standard InChI is InChI=1S/C9H10Br2FNO2/c10-5-1-4(12)2-6(11)8(5)9(15)7(14)3-13/h1-2,7,9,14-15H,3,13H2. The fraction of sp³-hybridized carbons (Fsp3) is 0.333. The van der Waals surface area contributed by atoms with Crippen LogP contribution in [0, 0.1) is 5.82 Å². The molecule has 0 heterocycles. The summed E-state index contributed by atoms with van der Waals surface area (Å²) in [6.45, 7) is -0.0720. The maximum absolute atomic E-state index is 12.9. The molecule has 0 spiro atoms. The molecule has 0 saturated carbocycles. The highest BCUT2D eigenvalue weighted by Crippen LogP contribution is 2.33. The Morgan fingerprint density at radius 2 is 1.73 bits per heavy atom. The first kappa shape index (κ1) is 13.1. The number of halogens is 3. The number of aliphatic hydroxyl groups is 2. The third-order valence-corrected chi connectivity index (χ3v) is 3.26. The topological polar surface area (TPSA) is 66.5 Å². The van der Waals surface area contributed by atoms with Crippen molar-refractivity contribution in [2.45, 2.75) is 12.2 Å². The zero-order valence-corrected chi connectivity index (χ0v) is 10.8. The summed E-state index contributed by atoms with van der Waals surface area (Å²) in [5.74, 6) is -0.438. The van der Waals surface area contributed by atoms with Crippen LogP contribution in [0.15, 0.2) is 21.1 Å². The first-order valence-electron chi connectivity index (χ1n) is 4.18. The molecule has 0 amide bonds. The third kappa shape index (κ3) is 2.98. The average molecular weight is 343 g/mol. The molecule has 2 unspecified atom stereocenters. The van der Waals surface area contributed by atoms with Gasteiger partial charge in [0.05, 0.1) is 6.10 Å². The number of rotatable bonds is 3. The quantitative estimate of drug-likeness (QED) is 0.783. The normalized spacial score (nSPS) is 15.1. The van der Waals surface area contributed by atoms with Gasteiger partial charge in [-0.25, -0.2) is 4.39 Å². The van der Waals surface area contributed by atoms with Crippen LogP contribution in [0.4, 0.5) is 4.39 Å². The van der Waals surface area contributed by atoms with Crippen molar-refractivity contribution in [3.63, 3.8) is 0 Å². The summed E-state index contributed by atoms with van der Waals surface area (Å²) in [6, 6.07) is 2.43. The first-order valence-corrected chi connectivity index (χ1v) is 5.76. The molecule has 2 atom stereocenters. The van der Waals surface area contributed by atoms with Gasteiger partial charge in [-0.1, -0.05) is 31.9 Å². The third-order valence-electron chi connectivity index (χ3n) is 1.95. The minimum atomic E-state index is -1.15. The molecule has 0 radical (unpaired) electrons. The molecule has 1 aromatic carbocycles. The SMILES string of the molecule is NCC(O)C(O)c1c(Br)cc(F)cc1Br. The smallest absolute Gasteiger partial charge is 0.125 e. The van der Waals surface area contributed by atoms with Gasteiger partial charge in [-0.3, -0.25) is 0 Å². The maximum Gasteiger partial charge on any atom is 0.125 e. The predicted molar refractivity (Wildman–Crippen MR) is 61.8 cm³/mol. The molecule has 4 N–H and O–H groups in total. The van der Waals surface area contributed by atoms with Gasteiger partial charge in [-0.15, -0.1) is 0 Å². The lowest BCUT2D eigenvalue weighted by molar-refractivity contribution is 0.0234. The number of nitrogens with two attached hydrogens (primary N) is 1. The zero-order valence-electron chi connectivity index (χ0n) is 7.62. The van der Waals surface area contributed by atoms with Crippen LogP contribution in [-0.2, 0) is 0 Å². The second-order valence-corrected chi connectivity index (χ2v) is 4.74. The second kappa shape index (κ2) is 5.36. The van der Waals surface area contributed by atoms with Crippen molar-refractivity contribution >= 4 is 31.9 Å². The first-order chi connectivity index (χ1) is 6.97. The highest BCUT2D eigenvalue weighted by Gasteiger charge is 2.22. The Morgan fingerprint density at radius 1 is 1.27 bits per heavy atom. The van der Waals surface area contributed by atoms with E-state index in [4.69, 9.17) is 5.73 Å². The lowest BCUT2D eigenvalue weighted by Crippen LogP contribution is -2.27. The molecule has 0 aliphatic rings. The van der Waals surface area contributed by atoms with E-state index in [0.29, 0.717) is 14.5 Å². The maximum atomic E-state index is 12.9. The Morgan fingerprint density at radius 3 is 2.13 bits per heavy atom. The molecular weight excluding hydrogens is 333 g/mol. The molecule has 6 heteroatoms. The second-order valence-electron chi connectivity index (χ2n) is 3.03. The van der Waals surface area contributed by atoms with E-state index in [1.165, 1.54) is 12.1 Å². The van der Waals surface area contributed by atoms with Gasteiger partial charge in [0, 0.05) is 21.1 Å². The monoisotopic (exact) mass is 341 g/mol. The Hall–Kier alpha value is -0.0100. The molecule has 0 aliphatic heterocycles. The Bertz CT molecular complexity index is 339. The lowest BCUT2D eigenvalue weighted by Gasteiger charge is -2.19. The zero-order chi connectivity index (χ0) is 11.6. The summed E-state index contributed by atoms with van der Waals surface area (Å²) in [7, 11) is 0. The predicted octanol–water partition coefficient (Wildman–Crippen LogP) is 1.70. The summed E-state index contributed by atoms with van der Waals surface area (Å²) in [5.41, 5.74) is 5.61. The van der Waals surface area contributed by atoms with Crippen LogP contribution in [0.3, 0.4) is 0 Å². The van der Waals surface area contributed by atoms with E-state index in [0.717, 1.165) is 0 Å². The summed E-state index contributed by atoms with van der Waals surface area (Å²) >= 11 is 6.23. The van der Waals surface area contributed by atoms with Gasteiger partial charge in [-0.05, 0) is 12.1 Å². The fourth-order valence-electron chi connectivity index (χ4n) is 1.16. The molecule has 0 aromatic heterocycles. The van der Waals surface area contributed by atoms with Gasteiger partial charge in [0.2, 0.25) is 0 Å². The number of benzene rings is 1. The van der Waals surface area contributed by atoms with Crippen molar-refractivity contribution in [1.82, 2.24) is 0 Å². The molecule has 15 heavy (non-hydrogen) atoms. The van der Waals surface area contributed by atoms with E-state index in [2.05, 4.69) is 31.9 Å². The molecule has 84 valence electrons. The van der Waals surface area contributed by atoms with Gasteiger partial charge >= 0.3 is 0 Å². The number of hydrogen-bond acceptors (Lipinski definition) is 3. The van der Waals surface area contributed by atoms with Gasteiger partial charge in [0.25, 0.3) is 0 Å². The van der Waals surface area contributed by atoms with Crippen LogP contribution >= 0.6 is 31.9 Å². The molecule has 0 saturated heterocycles. The van der Waals surface area contributed by atoms with Crippen LogP contribution in [0.1, 0.15) is 11.7 Å². The van der Waals surface area contributed by atoms with Gasteiger partial charge in [0.15, 0.2) is 0 Å². The van der Waals surface area contributed by atoms with E-state index < -0.39 is 18.0 Å². The van der Waals surface area contributed by atoms with Crippen molar-refractivity contribution in [2.24, 2.45) is 5.73 Å². The molecule has 3 nitrogen and oxygen atoms in total. The summed E-state index contributed by atoms with van der Waals surface area (Å²) in [4.78, 5) is 0. The molecule has 1 rings (SSSR count). The fourth-order valence-corrected chi connectivity index (χ4v) is 2.76. The minimum Gasteiger partial charge on any atom is -0.389 e. The van der Waals surface area contributed by atoms with Crippen LogP contribution < -0.4 is 5.73 Å². The van der Waals surface area contributed by atoms with Crippen LogP contribution in [0.25, 0.3) is 0 Å². The molecule has 0 aliphatic carbocycles. The molecule has 0 bridgehead atoms. The van der Waals surface area contributed by atoms with Crippen molar-refractivity contribution in [2.75, 3.05) is 6.54 Å². The van der Waals surface area contributed by atoms with E-state index in [9.17, 15) is 14.6 Å². The van der Waals surface area contributed by atoms with Crippen LogP contribution in [0.5, 0.6) is 0 Å². The van der Waals surface area contributed by atoms with E-state index in [1.807, 2.05) is 0 Å². The minimum absolute atomic E-state index is 0.0720. The van der Waals surface area contributed by atoms with Crippen molar-refractivity contribution in [1.29, 1.82) is 0 Å². The van der Waals surface area contributed by atoms with Crippen molar-refractivity contribution in [3.8, 4) is 0 Å². The average Bonchev–Trinajstić information content (AvgIpc) is 2.14. The van der Waals surface area contributed by atoms with E-state index in [1.54, 1.807) is 0 Å². The lowest BCUT2D eigenvalue weighted by atomic mass is 10.0. The summed E-state index contributed by atoms with van der Waals surface area (Å²) < 4.78 is 13.7. The molecular formula is C9H10Br2FNO2. The van der Waals surface area contributed by atoms with Gasteiger partial charge < -0.3 is 15.9 Å². The highest BCUT2D eigenvalue weighted by atomic mass is 79.9. The number of aliphatic hydroxyl groups excluding tert-OH is 2. The Kier molecular flexibility index (Phi) is 4.66. The molecule has 1 aromatic rings. The van der Waals surface area contributed by atoms with Crippen LogP contribution in [0.2, 0.25) is 0 Å². The Balaban J connectivity index is 3.13. The van der Waals surface area contributed by atoms with E-state index in [-0.39, 0.29) is 6.54 Å². The van der Waals surface area contributed by atoms with Crippen molar-refractivity contribution < 1.29 is 14.6 Å².